The normalized spacial score (nSPS) is 23.1. The number of para-hydroxylation sites is 1. The van der Waals surface area contributed by atoms with Crippen molar-refractivity contribution in [1.29, 1.82) is 0 Å². The molecule has 1 aromatic heterocycles. The average Bonchev–Trinajstić information content (AvgIpc) is 3.09. The number of methoxy groups -OCH3 is 1. The van der Waals surface area contributed by atoms with Crippen LogP contribution in [0.4, 0.5) is 0 Å². The molecule has 2 atom stereocenters. The second-order valence-corrected chi connectivity index (χ2v) is 6.66. The van der Waals surface area contributed by atoms with Crippen molar-refractivity contribution in [1.82, 2.24) is 14.9 Å². The van der Waals surface area contributed by atoms with E-state index in [4.69, 9.17) is 9.47 Å². The first-order chi connectivity index (χ1) is 13.0. The summed E-state index contributed by atoms with van der Waals surface area (Å²) >= 11 is 0. The molecule has 0 saturated carbocycles. The van der Waals surface area contributed by atoms with Crippen molar-refractivity contribution in [3.63, 3.8) is 0 Å². The van der Waals surface area contributed by atoms with Crippen LogP contribution in [0.15, 0.2) is 35.4 Å². The number of hydrogen-bond acceptors (Lipinski definition) is 6. The topological polar surface area (TPSA) is 122 Å². The average molecular weight is 371 g/mol. The zero-order chi connectivity index (χ0) is 19.2. The third-order valence-electron chi connectivity index (χ3n) is 5.23. The number of rotatable bonds is 3. The van der Waals surface area contributed by atoms with Crippen LogP contribution in [0.3, 0.4) is 0 Å². The van der Waals surface area contributed by atoms with Gasteiger partial charge in [-0.25, -0.2) is 4.98 Å². The number of carbonyl (C=O) groups is 2. The van der Waals surface area contributed by atoms with E-state index < -0.39 is 28.8 Å². The third kappa shape index (κ3) is 2.54. The van der Waals surface area contributed by atoms with Gasteiger partial charge in [0, 0.05) is 30.8 Å². The van der Waals surface area contributed by atoms with Crippen molar-refractivity contribution in [2.45, 2.75) is 5.92 Å². The highest BCUT2D eigenvalue weighted by atomic mass is 16.5. The lowest BCUT2D eigenvalue weighted by atomic mass is 9.73. The SMILES string of the molecule is COc1cccc2c1OC[C@@]1(C(=O)O)CN(C(=O)c3c[nH]c(=O)cn3)C[C@@H]21. The smallest absolute Gasteiger partial charge is 0.315 e. The molecule has 0 unspecified atom stereocenters. The van der Waals surface area contributed by atoms with E-state index in [1.165, 1.54) is 18.2 Å². The van der Waals surface area contributed by atoms with E-state index in [0.29, 0.717) is 17.1 Å². The minimum atomic E-state index is -1.25. The fraction of sp³-hybridized carbons (Fsp3) is 0.333. The summed E-state index contributed by atoms with van der Waals surface area (Å²) in [5, 5.41) is 9.95. The van der Waals surface area contributed by atoms with Gasteiger partial charge in [-0.05, 0) is 6.07 Å². The van der Waals surface area contributed by atoms with E-state index in [2.05, 4.69) is 9.97 Å². The number of nitrogens with zero attached hydrogens (tertiary/aromatic N) is 2. The predicted molar refractivity (Wildman–Crippen MR) is 92.1 cm³/mol. The number of amides is 1. The molecule has 27 heavy (non-hydrogen) atoms. The van der Waals surface area contributed by atoms with Gasteiger partial charge in [-0.1, -0.05) is 12.1 Å². The molecule has 1 fully saturated rings. The highest BCUT2D eigenvalue weighted by molar-refractivity contribution is 5.93. The maximum absolute atomic E-state index is 12.8. The summed E-state index contributed by atoms with van der Waals surface area (Å²) < 4.78 is 11.1. The summed E-state index contributed by atoms with van der Waals surface area (Å²) in [5.74, 6) is -0.867. The van der Waals surface area contributed by atoms with Gasteiger partial charge in [-0.3, -0.25) is 14.4 Å². The minimum absolute atomic E-state index is 0.0106. The van der Waals surface area contributed by atoms with Crippen LogP contribution in [0.1, 0.15) is 22.0 Å². The van der Waals surface area contributed by atoms with E-state index >= 15 is 0 Å². The van der Waals surface area contributed by atoms with Crippen LogP contribution in [0.25, 0.3) is 0 Å². The monoisotopic (exact) mass is 371 g/mol. The van der Waals surface area contributed by atoms with Crippen LogP contribution < -0.4 is 15.0 Å². The molecule has 0 bridgehead atoms. The number of benzene rings is 1. The van der Waals surface area contributed by atoms with Gasteiger partial charge in [0.2, 0.25) is 0 Å². The van der Waals surface area contributed by atoms with Crippen molar-refractivity contribution < 1.29 is 24.2 Å². The van der Waals surface area contributed by atoms with Crippen LogP contribution in [-0.4, -0.2) is 58.7 Å². The summed E-state index contributed by atoms with van der Waals surface area (Å²) in [6, 6.07) is 5.31. The zero-order valence-corrected chi connectivity index (χ0v) is 14.5. The van der Waals surface area contributed by atoms with E-state index in [9.17, 15) is 19.5 Å². The van der Waals surface area contributed by atoms with Crippen LogP contribution >= 0.6 is 0 Å². The van der Waals surface area contributed by atoms with Gasteiger partial charge in [0.1, 0.15) is 17.7 Å². The summed E-state index contributed by atoms with van der Waals surface area (Å²) in [5.41, 5.74) is -0.914. The van der Waals surface area contributed by atoms with Gasteiger partial charge >= 0.3 is 5.97 Å². The first kappa shape index (κ1) is 17.1. The van der Waals surface area contributed by atoms with Gasteiger partial charge in [0.05, 0.1) is 13.3 Å². The number of H-pyrrole nitrogens is 1. The van der Waals surface area contributed by atoms with Gasteiger partial charge in [-0.15, -0.1) is 0 Å². The number of likely N-dealkylation sites (tertiary alicyclic amines) is 1. The number of carboxylic acids is 1. The Balaban J connectivity index is 1.73. The standard InChI is InChI=1S/C18H17N3O6/c1-26-13-4-2-3-10-11-7-21(16(23)12-5-20-14(22)6-19-12)8-18(11,17(24)25)9-27-15(10)13/h2-6,11H,7-9H2,1H3,(H,20,22)(H,24,25)/t11-,18-/m0/s1. The molecule has 0 spiro atoms. The van der Waals surface area contributed by atoms with Gasteiger partial charge in [0.25, 0.3) is 11.5 Å². The summed E-state index contributed by atoms with van der Waals surface area (Å²) in [4.78, 5) is 43.8. The molecule has 3 heterocycles. The molecule has 1 aromatic carbocycles. The number of nitrogens with one attached hydrogen (secondary N) is 1. The number of fused-ring (bicyclic) bond motifs is 3. The second kappa shape index (κ2) is 6.11. The Bertz CT molecular complexity index is 967. The Kier molecular flexibility index (Phi) is 3.87. The van der Waals surface area contributed by atoms with Crippen molar-refractivity contribution in [3.8, 4) is 11.5 Å². The third-order valence-corrected chi connectivity index (χ3v) is 5.23. The minimum Gasteiger partial charge on any atom is -0.493 e. The Hall–Kier alpha value is -3.36. The first-order valence-electron chi connectivity index (χ1n) is 8.33. The van der Waals surface area contributed by atoms with Crippen molar-refractivity contribution in [2.75, 3.05) is 26.8 Å². The predicted octanol–water partition coefficient (Wildman–Crippen LogP) is 0.481. The van der Waals surface area contributed by atoms with E-state index in [0.717, 1.165) is 6.20 Å². The molecule has 1 saturated heterocycles. The number of carbonyl (C=O) groups excluding carboxylic acids is 1. The van der Waals surface area contributed by atoms with Gasteiger partial charge < -0.3 is 24.5 Å². The molecule has 2 aromatic rings. The van der Waals surface area contributed by atoms with Crippen molar-refractivity contribution >= 4 is 11.9 Å². The van der Waals surface area contributed by atoms with E-state index in [1.54, 1.807) is 18.2 Å². The molecule has 9 heteroatoms. The lowest BCUT2D eigenvalue weighted by Gasteiger charge is -2.36. The molecule has 9 nitrogen and oxygen atoms in total. The Morgan fingerprint density at radius 2 is 2.26 bits per heavy atom. The maximum Gasteiger partial charge on any atom is 0.315 e. The van der Waals surface area contributed by atoms with Crippen LogP contribution in [0, 0.1) is 5.41 Å². The zero-order valence-electron chi connectivity index (χ0n) is 14.5. The molecule has 140 valence electrons. The largest absolute Gasteiger partial charge is 0.493 e. The number of carboxylic acid groups (broad SMARTS) is 1. The number of aromatic amines is 1. The Morgan fingerprint density at radius 3 is 2.93 bits per heavy atom. The molecule has 0 aliphatic carbocycles. The summed E-state index contributed by atoms with van der Waals surface area (Å²) in [6.45, 7) is 0.127. The quantitative estimate of drug-likeness (QED) is 0.805. The summed E-state index contributed by atoms with van der Waals surface area (Å²) in [6.07, 6.45) is 2.25. The van der Waals surface area contributed by atoms with E-state index in [-0.39, 0.29) is 25.4 Å². The number of ether oxygens (including phenoxy) is 2. The Labute approximate surface area is 153 Å². The van der Waals surface area contributed by atoms with Gasteiger partial charge in [-0.2, -0.15) is 0 Å². The number of aromatic nitrogens is 2. The summed E-state index contributed by atoms with van der Waals surface area (Å²) in [7, 11) is 1.52. The lowest BCUT2D eigenvalue weighted by Crippen LogP contribution is -2.46. The first-order valence-corrected chi connectivity index (χ1v) is 8.33. The van der Waals surface area contributed by atoms with Crippen LogP contribution in [0.2, 0.25) is 0 Å². The fourth-order valence-electron chi connectivity index (χ4n) is 3.83. The van der Waals surface area contributed by atoms with Gasteiger partial charge in [0.15, 0.2) is 11.5 Å². The molecule has 1 amide bonds. The Morgan fingerprint density at radius 1 is 1.44 bits per heavy atom. The molecule has 4 rings (SSSR count). The molecule has 2 N–H and O–H groups in total. The molecular weight excluding hydrogens is 354 g/mol. The molecule has 0 radical (unpaired) electrons. The maximum atomic E-state index is 12.8. The van der Waals surface area contributed by atoms with E-state index in [1.807, 2.05) is 0 Å². The number of hydrogen-bond donors (Lipinski definition) is 2. The lowest BCUT2D eigenvalue weighted by molar-refractivity contribution is -0.151. The second-order valence-electron chi connectivity index (χ2n) is 6.66. The van der Waals surface area contributed by atoms with Crippen LogP contribution in [0.5, 0.6) is 11.5 Å². The van der Waals surface area contributed by atoms with Crippen molar-refractivity contribution in [3.05, 3.63) is 52.2 Å². The highest BCUT2D eigenvalue weighted by Gasteiger charge is 2.58. The fourth-order valence-corrected chi connectivity index (χ4v) is 3.83. The number of aliphatic carboxylic acids is 1. The van der Waals surface area contributed by atoms with Crippen LogP contribution in [-0.2, 0) is 4.79 Å². The molecule has 2 aliphatic rings. The van der Waals surface area contributed by atoms with Crippen molar-refractivity contribution in [2.24, 2.45) is 5.41 Å². The molecule has 2 aliphatic heterocycles. The highest BCUT2D eigenvalue weighted by Crippen LogP contribution is 2.52. The molecular formula is C18H17N3O6.